The molecule has 5 nitrogen and oxygen atoms in total. The van der Waals surface area contributed by atoms with Crippen molar-refractivity contribution in [1.29, 1.82) is 0 Å². The molecule has 1 aromatic carbocycles. The van der Waals surface area contributed by atoms with Crippen molar-refractivity contribution in [1.82, 2.24) is 5.32 Å². The summed E-state index contributed by atoms with van der Waals surface area (Å²) in [6.07, 6.45) is 0.343. The van der Waals surface area contributed by atoms with Crippen LogP contribution in [0.3, 0.4) is 0 Å². The van der Waals surface area contributed by atoms with E-state index < -0.39 is 19.9 Å². The fourth-order valence-corrected chi connectivity index (χ4v) is 4.17. The summed E-state index contributed by atoms with van der Waals surface area (Å²) in [7, 11) is -1.82. The summed E-state index contributed by atoms with van der Waals surface area (Å²) in [4.78, 5) is 10.8. The van der Waals surface area contributed by atoms with Gasteiger partial charge in [-0.2, -0.15) is 0 Å². The number of nitrogens with one attached hydrogen (secondary N) is 1. The number of halogens is 1. The van der Waals surface area contributed by atoms with Gasteiger partial charge in [0.15, 0.2) is 8.32 Å². The maximum absolute atomic E-state index is 14.6. The summed E-state index contributed by atoms with van der Waals surface area (Å²) in [6, 6.07) is 3.27. The summed E-state index contributed by atoms with van der Waals surface area (Å²) >= 11 is 0. The average Bonchev–Trinajstić information content (AvgIpc) is 2.92. The van der Waals surface area contributed by atoms with E-state index in [9.17, 15) is 9.18 Å². The van der Waals surface area contributed by atoms with Crippen LogP contribution in [0, 0.1) is 11.7 Å². The first-order valence-corrected chi connectivity index (χ1v) is 12.7. The molecule has 0 aromatic heterocycles. The zero-order chi connectivity index (χ0) is 21.3. The zero-order valence-corrected chi connectivity index (χ0v) is 19.1. The Kier molecular flexibility index (Phi) is 6.50. The van der Waals surface area contributed by atoms with E-state index >= 15 is 0 Å². The van der Waals surface area contributed by atoms with E-state index in [4.69, 9.17) is 14.3 Å². The summed E-state index contributed by atoms with van der Waals surface area (Å²) in [5.41, 5.74) is 0.947. The molecule has 0 saturated heterocycles. The molecule has 1 aromatic rings. The van der Waals surface area contributed by atoms with Crippen LogP contribution >= 0.6 is 0 Å². The van der Waals surface area contributed by atoms with Gasteiger partial charge in [-0.15, -0.1) is 0 Å². The molecule has 0 spiro atoms. The molecule has 1 amide bonds. The molecule has 0 heterocycles. The van der Waals surface area contributed by atoms with Crippen LogP contribution in [-0.2, 0) is 17.3 Å². The van der Waals surface area contributed by atoms with Crippen molar-refractivity contribution in [2.75, 3.05) is 13.2 Å². The Balaban J connectivity index is 2.00. The lowest BCUT2D eigenvalue weighted by molar-refractivity contribution is 0.162. The lowest BCUT2D eigenvalue weighted by Crippen LogP contribution is -2.47. The van der Waals surface area contributed by atoms with Gasteiger partial charge in [-0.1, -0.05) is 20.8 Å². The first kappa shape index (κ1) is 22.7. The third-order valence-corrected chi connectivity index (χ3v) is 10.3. The Morgan fingerprint density at radius 1 is 1.25 bits per heavy atom. The van der Waals surface area contributed by atoms with Gasteiger partial charge in [0.2, 0.25) is 0 Å². The van der Waals surface area contributed by atoms with Gasteiger partial charge < -0.3 is 19.6 Å². The Morgan fingerprint density at radius 3 is 2.46 bits per heavy atom. The number of hydrogen-bond donors (Lipinski definition) is 2. The van der Waals surface area contributed by atoms with Gasteiger partial charge in [-0.05, 0) is 67.9 Å². The predicted octanol–water partition coefficient (Wildman–Crippen LogP) is 4.99. The number of carboxylic acid groups (broad SMARTS) is 1. The van der Waals surface area contributed by atoms with Crippen LogP contribution < -0.4 is 10.1 Å². The number of fused-ring (bicyclic) bond motifs is 1. The second kappa shape index (κ2) is 8.03. The van der Waals surface area contributed by atoms with Crippen LogP contribution in [0.4, 0.5) is 9.18 Å². The number of benzene rings is 1. The second-order valence-electron chi connectivity index (χ2n) is 9.99. The van der Waals surface area contributed by atoms with Crippen LogP contribution in [0.15, 0.2) is 12.1 Å². The van der Waals surface area contributed by atoms with Crippen molar-refractivity contribution < 1.29 is 23.5 Å². The van der Waals surface area contributed by atoms with E-state index in [1.807, 2.05) is 6.07 Å². The zero-order valence-electron chi connectivity index (χ0n) is 18.1. The Bertz CT molecular complexity index is 728. The standard InChI is InChI=1S/C21H34FNO4Si/c1-20(2,3)28(6,7)27-12-14-8-15-10-16(11-18(22)17(15)9-14)26-13-21(4,5)23-19(24)25/h10-11,14,23H,8-9,12-13H2,1-7H3,(H,24,25). The molecular weight excluding hydrogens is 377 g/mol. The van der Waals surface area contributed by atoms with Crippen molar-refractivity contribution >= 4 is 14.4 Å². The maximum Gasteiger partial charge on any atom is 0.405 e. The molecular formula is C21H34FNO4Si. The monoisotopic (exact) mass is 411 g/mol. The van der Waals surface area contributed by atoms with Gasteiger partial charge in [0, 0.05) is 12.7 Å². The van der Waals surface area contributed by atoms with E-state index in [1.165, 1.54) is 6.07 Å². The van der Waals surface area contributed by atoms with Gasteiger partial charge in [-0.3, -0.25) is 0 Å². The van der Waals surface area contributed by atoms with Crippen LogP contribution in [0.1, 0.15) is 45.7 Å². The normalized spacial score (nSPS) is 17.4. The molecule has 28 heavy (non-hydrogen) atoms. The molecule has 0 radical (unpaired) electrons. The topological polar surface area (TPSA) is 67.8 Å². The van der Waals surface area contributed by atoms with Crippen LogP contribution in [-0.4, -0.2) is 38.3 Å². The molecule has 2 rings (SSSR count). The van der Waals surface area contributed by atoms with Gasteiger partial charge in [0.1, 0.15) is 18.2 Å². The predicted molar refractivity (Wildman–Crippen MR) is 111 cm³/mol. The third kappa shape index (κ3) is 5.70. The summed E-state index contributed by atoms with van der Waals surface area (Å²) < 4.78 is 26.6. The molecule has 158 valence electrons. The van der Waals surface area contributed by atoms with Gasteiger partial charge in [-0.25, -0.2) is 9.18 Å². The molecule has 0 bridgehead atoms. The molecule has 0 saturated carbocycles. The minimum absolute atomic E-state index is 0.120. The van der Waals surface area contributed by atoms with E-state index in [1.54, 1.807) is 13.8 Å². The number of hydrogen-bond acceptors (Lipinski definition) is 3. The van der Waals surface area contributed by atoms with E-state index in [0.717, 1.165) is 17.5 Å². The number of carbonyl (C=O) groups is 1. The van der Waals surface area contributed by atoms with Crippen molar-refractivity contribution in [2.24, 2.45) is 5.92 Å². The molecule has 0 aliphatic heterocycles. The van der Waals surface area contributed by atoms with E-state index in [-0.39, 0.29) is 23.4 Å². The molecule has 1 unspecified atom stereocenters. The van der Waals surface area contributed by atoms with Gasteiger partial charge in [0.05, 0.1) is 5.54 Å². The maximum atomic E-state index is 14.6. The number of ether oxygens (including phenoxy) is 1. The minimum atomic E-state index is -1.82. The Morgan fingerprint density at radius 2 is 1.89 bits per heavy atom. The molecule has 1 atom stereocenters. The SMILES string of the molecule is CC(C)(COc1cc(F)c2c(c1)CC(CO[Si](C)(C)C(C)(C)C)C2)NC(=O)O. The Hall–Kier alpha value is -1.60. The summed E-state index contributed by atoms with van der Waals surface area (Å²) in [5, 5.41) is 11.4. The van der Waals surface area contributed by atoms with Crippen LogP contribution in [0.2, 0.25) is 18.1 Å². The molecule has 2 N–H and O–H groups in total. The van der Waals surface area contributed by atoms with Crippen LogP contribution in [0.5, 0.6) is 5.75 Å². The van der Waals surface area contributed by atoms with E-state index in [0.29, 0.717) is 18.8 Å². The smallest absolute Gasteiger partial charge is 0.405 e. The third-order valence-electron chi connectivity index (χ3n) is 5.79. The van der Waals surface area contributed by atoms with Gasteiger partial charge in [0.25, 0.3) is 0 Å². The largest absolute Gasteiger partial charge is 0.491 e. The average molecular weight is 412 g/mol. The highest BCUT2D eigenvalue weighted by molar-refractivity contribution is 6.74. The second-order valence-corrected chi connectivity index (χ2v) is 14.8. The summed E-state index contributed by atoms with van der Waals surface area (Å²) in [5.74, 6) is 0.452. The fraction of sp³-hybridized carbons (Fsp3) is 0.667. The molecule has 7 heteroatoms. The van der Waals surface area contributed by atoms with Crippen molar-refractivity contribution in [3.63, 3.8) is 0 Å². The van der Waals surface area contributed by atoms with Crippen LogP contribution in [0.25, 0.3) is 0 Å². The van der Waals surface area contributed by atoms with Crippen molar-refractivity contribution in [2.45, 2.75) is 71.1 Å². The van der Waals surface area contributed by atoms with Crippen molar-refractivity contribution in [3.05, 3.63) is 29.1 Å². The first-order chi connectivity index (χ1) is 12.7. The van der Waals surface area contributed by atoms with Gasteiger partial charge >= 0.3 is 6.09 Å². The van der Waals surface area contributed by atoms with Crippen molar-refractivity contribution in [3.8, 4) is 5.75 Å². The highest BCUT2D eigenvalue weighted by Crippen LogP contribution is 2.38. The number of rotatable bonds is 7. The first-order valence-electron chi connectivity index (χ1n) is 9.79. The quantitative estimate of drug-likeness (QED) is 0.621. The summed E-state index contributed by atoms with van der Waals surface area (Å²) in [6.45, 7) is 15.3. The molecule has 1 aliphatic carbocycles. The minimum Gasteiger partial charge on any atom is -0.491 e. The molecule has 0 fully saturated rings. The molecule has 1 aliphatic rings. The lowest BCUT2D eigenvalue weighted by Gasteiger charge is -2.37. The highest BCUT2D eigenvalue weighted by Gasteiger charge is 2.38. The number of amides is 1. The Labute approximate surface area is 168 Å². The highest BCUT2D eigenvalue weighted by atomic mass is 28.4. The lowest BCUT2D eigenvalue weighted by atomic mass is 10.1. The van der Waals surface area contributed by atoms with E-state index in [2.05, 4.69) is 39.2 Å². The fourth-order valence-electron chi connectivity index (χ4n) is 3.08.